The van der Waals surface area contributed by atoms with Gasteiger partial charge in [-0.3, -0.25) is 0 Å². The summed E-state index contributed by atoms with van der Waals surface area (Å²) in [6, 6.07) is 3.23. The summed E-state index contributed by atoms with van der Waals surface area (Å²) in [4.78, 5) is 1.93. The molecule has 4 heteroatoms. The van der Waals surface area contributed by atoms with E-state index in [0.29, 0.717) is 23.9 Å². The molecule has 1 fully saturated rings. The predicted molar refractivity (Wildman–Crippen MR) is 83.7 cm³/mol. The number of aryl methyl sites for hydroxylation is 1. The SMILES string of the molecule is Cc1ccc(F)c(N2CC(C(C)C)NCC2C(C)C)c1F. The summed E-state index contributed by atoms with van der Waals surface area (Å²) in [5.74, 6) is -0.139. The zero-order valence-electron chi connectivity index (χ0n) is 13.6. The quantitative estimate of drug-likeness (QED) is 0.914. The van der Waals surface area contributed by atoms with E-state index in [9.17, 15) is 8.78 Å². The first-order valence-corrected chi connectivity index (χ1v) is 7.77. The first-order valence-electron chi connectivity index (χ1n) is 7.77. The van der Waals surface area contributed by atoms with E-state index < -0.39 is 11.6 Å². The number of piperazine rings is 1. The maximum atomic E-state index is 14.5. The minimum atomic E-state index is -0.465. The Labute approximate surface area is 126 Å². The lowest BCUT2D eigenvalue weighted by molar-refractivity contribution is 0.291. The van der Waals surface area contributed by atoms with Gasteiger partial charge in [-0.15, -0.1) is 0 Å². The molecule has 0 aliphatic carbocycles. The van der Waals surface area contributed by atoms with Gasteiger partial charge >= 0.3 is 0 Å². The molecule has 1 aliphatic heterocycles. The van der Waals surface area contributed by atoms with Gasteiger partial charge in [0.25, 0.3) is 0 Å². The second-order valence-corrected chi connectivity index (χ2v) is 6.75. The van der Waals surface area contributed by atoms with Crippen molar-refractivity contribution < 1.29 is 8.78 Å². The highest BCUT2D eigenvalue weighted by Crippen LogP contribution is 2.31. The molecular formula is C17H26F2N2. The van der Waals surface area contributed by atoms with Crippen molar-refractivity contribution in [3.63, 3.8) is 0 Å². The van der Waals surface area contributed by atoms with Crippen molar-refractivity contribution in [1.29, 1.82) is 0 Å². The van der Waals surface area contributed by atoms with Gasteiger partial charge in [-0.25, -0.2) is 8.78 Å². The van der Waals surface area contributed by atoms with Crippen LogP contribution < -0.4 is 10.2 Å². The molecule has 1 aromatic carbocycles. The van der Waals surface area contributed by atoms with Gasteiger partial charge in [0.15, 0.2) is 5.82 Å². The third-order valence-corrected chi connectivity index (χ3v) is 4.50. The lowest BCUT2D eigenvalue weighted by Gasteiger charge is -2.45. The Morgan fingerprint density at radius 3 is 2.38 bits per heavy atom. The van der Waals surface area contributed by atoms with Crippen LogP contribution in [0, 0.1) is 30.4 Å². The van der Waals surface area contributed by atoms with Crippen molar-refractivity contribution >= 4 is 5.69 Å². The van der Waals surface area contributed by atoms with Gasteiger partial charge in [0, 0.05) is 25.2 Å². The van der Waals surface area contributed by atoms with Crippen molar-refractivity contribution in [1.82, 2.24) is 5.32 Å². The molecule has 1 N–H and O–H groups in total. The summed E-state index contributed by atoms with van der Waals surface area (Å²) in [5, 5.41) is 3.52. The molecule has 0 aromatic heterocycles. The monoisotopic (exact) mass is 296 g/mol. The van der Waals surface area contributed by atoms with Crippen LogP contribution in [0.4, 0.5) is 14.5 Å². The summed E-state index contributed by atoms with van der Waals surface area (Å²) in [7, 11) is 0. The highest BCUT2D eigenvalue weighted by Gasteiger charge is 2.34. The smallest absolute Gasteiger partial charge is 0.152 e. The average molecular weight is 296 g/mol. The molecule has 0 radical (unpaired) electrons. The van der Waals surface area contributed by atoms with Crippen molar-refractivity contribution in [3.8, 4) is 0 Å². The van der Waals surface area contributed by atoms with Gasteiger partial charge in [-0.1, -0.05) is 33.8 Å². The first-order chi connectivity index (χ1) is 9.82. The molecule has 2 nitrogen and oxygen atoms in total. The van der Waals surface area contributed by atoms with Crippen LogP contribution in [0.1, 0.15) is 33.3 Å². The van der Waals surface area contributed by atoms with E-state index in [1.807, 2.05) is 4.90 Å². The number of anilines is 1. The Hall–Kier alpha value is -1.16. The lowest BCUT2D eigenvalue weighted by atomic mass is 9.93. The van der Waals surface area contributed by atoms with E-state index in [2.05, 4.69) is 33.0 Å². The highest BCUT2D eigenvalue weighted by atomic mass is 19.1. The summed E-state index contributed by atoms with van der Waals surface area (Å²) < 4.78 is 28.8. The van der Waals surface area contributed by atoms with Gasteiger partial charge in [0.2, 0.25) is 0 Å². The van der Waals surface area contributed by atoms with E-state index in [1.165, 1.54) is 12.1 Å². The molecule has 2 atom stereocenters. The van der Waals surface area contributed by atoms with Crippen molar-refractivity contribution in [3.05, 3.63) is 29.3 Å². The lowest BCUT2D eigenvalue weighted by Crippen LogP contribution is -2.60. The van der Waals surface area contributed by atoms with E-state index >= 15 is 0 Å². The topological polar surface area (TPSA) is 15.3 Å². The van der Waals surface area contributed by atoms with Crippen LogP contribution in [0.2, 0.25) is 0 Å². The van der Waals surface area contributed by atoms with Gasteiger partial charge in [0.1, 0.15) is 11.5 Å². The number of nitrogens with one attached hydrogen (secondary N) is 1. The molecule has 0 spiro atoms. The molecule has 0 saturated carbocycles. The van der Waals surface area contributed by atoms with E-state index in [4.69, 9.17) is 0 Å². The maximum Gasteiger partial charge on any atom is 0.152 e. The minimum absolute atomic E-state index is 0.103. The second kappa shape index (κ2) is 6.30. The molecule has 118 valence electrons. The molecule has 1 aromatic rings. The van der Waals surface area contributed by atoms with Gasteiger partial charge < -0.3 is 10.2 Å². The fraction of sp³-hybridized carbons (Fsp3) is 0.647. The number of rotatable bonds is 3. The molecular weight excluding hydrogens is 270 g/mol. The number of nitrogens with zero attached hydrogens (tertiary/aromatic N) is 1. The van der Waals surface area contributed by atoms with Gasteiger partial charge in [0.05, 0.1) is 0 Å². The van der Waals surface area contributed by atoms with Crippen LogP contribution in [-0.4, -0.2) is 25.2 Å². The Bertz CT molecular complexity index is 500. The standard InChI is InChI=1S/C17H26F2N2/c1-10(2)14-9-21(15(8-20-14)11(3)4)17-13(18)7-6-12(5)16(17)19/h6-7,10-11,14-15,20H,8-9H2,1-5H3. The summed E-state index contributed by atoms with van der Waals surface area (Å²) in [6.45, 7) is 11.5. The third-order valence-electron chi connectivity index (χ3n) is 4.50. The van der Waals surface area contributed by atoms with Crippen LogP contribution in [0.3, 0.4) is 0 Å². The van der Waals surface area contributed by atoms with Gasteiger partial charge in [-0.2, -0.15) is 0 Å². The van der Waals surface area contributed by atoms with Crippen LogP contribution in [0.25, 0.3) is 0 Å². The summed E-state index contributed by atoms with van der Waals surface area (Å²) >= 11 is 0. The molecule has 1 aliphatic rings. The number of hydrogen-bond donors (Lipinski definition) is 1. The van der Waals surface area contributed by atoms with E-state index in [0.717, 1.165) is 6.54 Å². The van der Waals surface area contributed by atoms with Crippen molar-refractivity contribution in [2.24, 2.45) is 11.8 Å². The summed E-state index contributed by atoms with van der Waals surface area (Å²) in [6.07, 6.45) is 0. The number of halogens is 2. The first kappa shape index (κ1) is 16.2. The maximum absolute atomic E-state index is 14.5. The molecule has 1 heterocycles. The largest absolute Gasteiger partial charge is 0.361 e. The molecule has 21 heavy (non-hydrogen) atoms. The number of hydrogen-bond acceptors (Lipinski definition) is 2. The molecule has 1 saturated heterocycles. The summed E-state index contributed by atoms with van der Waals surface area (Å²) in [5.41, 5.74) is 0.634. The van der Waals surface area contributed by atoms with Crippen LogP contribution in [-0.2, 0) is 0 Å². The fourth-order valence-corrected chi connectivity index (χ4v) is 3.00. The Balaban J connectivity index is 2.43. The van der Waals surface area contributed by atoms with Crippen LogP contribution in [0.5, 0.6) is 0 Å². The Morgan fingerprint density at radius 2 is 1.81 bits per heavy atom. The Morgan fingerprint density at radius 1 is 1.14 bits per heavy atom. The number of benzene rings is 1. The molecule has 0 bridgehead atoms. The molecule has 2 rings (SSSR count). The van der Waals surface area contributed by atoms with Crippen molar-refractivity contribution in [2.75, 3.05) is 18.0 Å². The van der Waals surface area contributed by atoms with Crippen LogP contribution >= 0.6 is 0 Å². The zero-order valence-corrected chi connectivity index (χ0v) is 13.6. The zero-order chi connectivity index (χ0) is 15.7. The van der Waals surface area contributed by atoms with Crippen molar-refractivity contribution in [2.45, 2.75) is 46.7 Å². The second-order valence-electron chi connectivity index (χ2n) is 6.75. The molecule has 2 unspecified atom stereocenters. The Kier molecular flexibility index (Phi) is 4.87. The normalized spacial score (nSPS) is 23.2. The molecule has 0 amide bonds. The third kappa shape index (κ3) is 3.20. The highest BCUT2D eigenvalue weighted by molar-refractivity contribution is 5.53. The van der Waals surface area contributed by atoms with Crippen LogP contribution in [0.15, 0.2) is 12.1 Å². The minimum Gasteiger partial charge on any atom is -0.361 e. The average Bonchev–Trinajstić information content (AvgIpc) is 2.43. The van der Waals surface area contributed by atoms with E-state index in [1.54, 1.807) is 6.92 Å². The fourth-order valence-electron chi connectivity index (χ4n) is 3.00. The van der Waals surface area contributed by atoms with Gasteiger partial charge in [-0.05, 0) is 30.4 Å². The van der Waals surface area contributed by atoms with E-state index in [-0.39, 0.29) is 17.8 Å². The predicted octanol–water partition coefficient (Wildman–Crippen LogP) is 3.73.